The lowest BCUT2D eigenvalue weighted by atomic mass is 10.2. The molecule has 0 radical (unpaired) electrons. The Morgan fingerprint density at radius 1 is 1.08 bits per heavy atom. The first-order valence-electron chi connectivity index (χ1n) is 7.65. The molecule has 0 aliphatic carbocycles. The molecule has 10 heteroatoms. The van der Waals surface area contributed by atoms with Crippen molar-refractivity contribution in [1.29, 1.82) is 0 Å². The number of sulfonamides is 1. The van der Waals surface area contributed by atoms with E-state index in [-0.39, 0.29) is 47.7 Å². The summed E-state index contributed by atoms with van der Waals surface area (Å²) in [6, 6.07) is 7.63. The number of carbonyl (C=O) groups is 1. The minimum Gasteiger partial charge on any atom is -0.336 e. The van der Waals surface area contributed by atoms with Crippen molar-refractivity contribution < 1.29 is 13.2 Å². The van der Waals surface area contributed by atoms with Crippen LogP contribution in [0.3, 0.4) is 0 Å². The summed E-state index contributed by atoms with van der Waals surface area (Å²) >= 11 is 15.1. The van der Waals surface area contributed by atoms with E-state index in [0.29, 0.717) is 9.50 Å². The Kier molecular flexibility index (Phi) is 5.88. The smallest absolute Gasteiger partial charge is 0.257 e. The molecular formula is C16H14BrCl2N3O3S. The number of hydrogen-bond donors (Lipinski definition) is 0. The average Bonchev–Trinajstić information content (AvgIpc) is 2.63. The summed E-state index contributed by atoms with van der Waals surface area (Å²) in [5.41, 5.74) is 0.287. The first kappa shape index (κ1) is 19.6. The Bertz CT molecular complexity index is 930. The Labute approximate surface area is 169 Å². The van der Waals surface area contributed by atoms with Crippen molar-refractivity contribution in [2.45, 2.75) is 4.90 Å². The van der Waals surface area contributed by atoms with Crippen molar-refractivity contribution in [3.63, 3.8) is 0 Å². The van der Waals surface area contributed by atoms with Crippen LogP contribution in [0.5, 0.6) is 0 Å². The zero-order valence-electron chi connectivity index (χ0n) is 13.4. The molecule has 2 aromatic rings. The maximum atomic E-state index is 12.7. The Balaban J connectivity index is 1.71. The molecule has 0 N–H and O–H groups in total. The third kappa shape index (κ3) is 4.04. The predicted octanol–water partition coefficient (Wildman–Crippen LogP) is 3.30. The number of halogens is 3. The number of piperazine rings is 1. The molecule has 26 heavy (non-hydrogen) atoms. The molecule has 0 spiro atoms. The van der Waals surface area contributed by atoms with Crippen LogP contribution in [0.1, 0.15) is 10.4 Å². The van der Waals surface area contributed by atoms with Crippen LogP contribution >= 0.6 is 39.1 Å². The van der Waals surface area contributed by atoms with Crippen LogP contribution in [0.4, 0.5) is 0 Å². The SMILES string of the molecule is O=C(c1cc(Br)cnc1Cl)N1CCN(S(=O)(=O)c2ccc(Cl)cc2)CC1. The first-order valence-corrected chi connectivity index (χ1v) is 10.6. The molecule has 138 valence electrons. The number of carbonyl (C=O) groups excluding carboxylic acids is 1. The molecule has 1 aromatic heterocycles. The zero-order chi connectivity index (χ0) is 18.9. The van der Waals surface area contributed by atoms with E-state index in [2.05, 4.69) is 20.9 Å². The van der Waals surface area contributed by atoms with Crippen LogP contribution in [0, 0.1) is 0 Å². The van der Waals surface area contributed by atoms with E-state index in [1.165, 1.54) is 34.8 Å². The molecular weight excluding hydrogens is 465 g/mol. The van der Waals surface area contributed by atoms with E-state index in [4.69, 9.17) is 23.2 Å². The number of pyridine rings is 1. The fraction of sp³-hybridized carbons (Fsp3) is 0.250. The fourth-order valence-corrected chi connectivity index (χ4v) is 4.69. The van der Waals surface area contributed by atoms with Gasteiger partial charge in [0.25, 0.3) is 5.91 Å². The molecule has 1 fully saturated rings. The number of hydrogen-bond acceptors (Lipinski definition) is 4. The van der Waals surface area contributed by atoms with Gasteiger partial charge in [-0.1, -0.05) is 23.2 Å². The van der Waals surface area contributed by atoms with E-state index in [1.54, 1.807) is 11.0 Å². The third-order valence-corrected chi connectivity index (χ3v) is 6.91. The Morgan fingerprint density at radius 2 is 1.69 bits per heavy atom. The minimum absolute atomic E-state index is 0.120. The summed E-state index contributed by atoms with van der Waals surface area (Å²) in [7, 11) is -3.62. The van der Waals surface area contributed by atoms with E-state index < -0.39 is 10.0 Å². The van der Waals surface area contributed by atoms with Crippen molar-refractivity contribution in [3.8, 4) is 0 Å². The molecule has 1 saturated heterocycles. The van der Waals surface area contributed by atoms with Gasteiger partial charge in [-0.25, -0.2) is 13.4 Å². The second-order valence-corrected chi connectivity index (χ2v) is 9.29. The first-order chi connectivity index (χ1) is 12.3. The van der Waals surface area contributed by atoms with Crippen LogP contribution in [0.2, 0.25) is 10.2 Å². The maximum absolute atomic E-state index is 12.7. The second-order valence-electron chi connectivity index (χ2n) is 5.64. The standard InChI is InChI=1S/C16H14BrCl2N3O3S/c17-11-9-14(15(19)20-10-11)16(23)21-5-7-22(8-6-21)26(24,25)13-3-1-12(18)2-4-13/h1-4,9-10H,5-8H2. The molecule has 0 atom stereocenters. The monoisotopic (exact) mass is 477 g/mol. The van der Waals surface area contributed by atoms with Crippen molar-refractivity contribution >= 4 is 55.1 Å². The highest BCUT2D eigenvalue weighted by molar-refractivity contribution is 9.10. The third-order valence-electron chi connectivity index (χ3n) is 4.01. The molecule has 1 aliphatic heterocycles. The predicted molar refractivity (Wildman–Crippen MR) is 103 cm³/mol. The zero-order valence-corrected chi connectivity index (χ0v) is 17.3. The highest BCUT2D eigenvalue weighted by Gasteiger charge is 2.31. The van der Waals surface area contributed by atoms with Crippen LogP contribution in [-0.2, 0) is 10.0 Å². The van der Waals surface area contributed by atoms with Gasteiger partial charge >= 0.3 is 0 Å². The van der Waals surface area contributed by atoms with Gasteiger partial charge in [0.05, 0.1) is 10.5 Å². The highest BCUT2D eigenvalue weighted by atomic mass is 79.9. The van der Waals surface area contributed by atoms with Gasteiger partial charge in [0.1, 0.15) is 5.15 Å². The Morgan fingerprint density at radius 3 is 2.31 bits per heavy atom. The van der Waals surface area contributed by atoms with Gasteiger partial charge in [-0.3, -0.25) is 4.79 Å². The number of amides is 1. The van der Waals surface area contributed by atoms with Gasteiger partial charge in [-0.15, -0.1) is 0 Å². The van der Waals surface area contributed by atoms with Gasteiger partial charge < -0.3 is 4.90 Å². The molecule has 1 aliphatic rings. The molecule has 3 rings (SSSR count). The lowest BCUT2D eigenvalue weighted by molar-refractivity contribution is 0.0697. The Hall–Kier alpha value is -1.19. The van der Waals surface area contributed by atoms with Gasteiger partial charge in [-0.05, 0) is 46.3 Å². The largest absolute Gasteiger partial charge is 0.336 e. The summed E-state index contributed by atoms with van der Waals surface area (Å²) in [6.07, 6.45) is 1.51. The van der Waals surface area contributed by atoms with Crippen molar-refractivity contribution in [2.75, 3.05) is 26.2 Å². The normalized spacial score (nSPS) is 15.9. The molecule has 0 unspecified atom stereocenters. The van der Waals surface area contributed by atoms with Crippen LogP contribution in [0.15, 0.2) is 45.9 Å². The van der Waals surface area contributed by atoms with Crippen molar-refractivity contribution in [3.05, 3.63) is 56.7 Å². The quantitative estimate of drug-likeness (QED) is 0.634. The molecule has 6 nitrogen and oxygen atoms in total. The lowest BCUT2D eigenvalue weighted by Gasteiger charge is -2.34. The number of nitrogens with zero attached hydrogens (tertiary/aromatic N) is 3. The summed E-state index contributed by atoms with van der Waals surface area (Å²) < 4.78 is 27.4. The molecule has 0 bridgehead atoms. The molecule has 1 amide bonds. The number of benzene rings is 1. The minimum atomic E-state index is -3.62. The van der Waals surface area contributed by atoms with Gasteiger partial charge in [0, 0.05) is 41.9 Å². The topological polar surface area (TPSA) is 70.6 Å². The van der Waals surface area contributed by atoms with Gasteiger partial charge in [0.15, 0.2) is 0 Å². The van der Waals surface area contributed by atoms with E-state index >= 15 is 0 Å². The van der Waals surface area contributed by atoms with E-state index in [9.17, 15) is 13.2 Å². The summed E-state index contributed by atoms with van der Waals surface area (Å²) in [5, 5.41) is 0.591. The van der Waals surface area contributed by atoms with Crippen LogP contribution in [0.25, 0.3) is 0 Å². The highest BCUT2D eigenvalue weighted by Crippen LogP contribution is 2.23. The summed E-state index contributed by atoms with van der Waals surface area (Å²) in [4.78, 5) is 18.3. The number of aromatic nitrogens is 1. The second kappa shape index (κ2) is 7.82. The van der Waals surface area contributed by atoms with Crippen molar-refractivity contribution in [1.82, 2.24) is 14.2 Å². The molecule has 0 saturated carbocycles. The lowest BCUT2D eigenvalue weighted by Crippen LogP contribution is -2.50. The van der Waals surface area contributed by atoms with Gasteiger partial charge in [-0.2, -0.15) is 4.31 Å². The summed E-state index contributed by atoms with van der Waals surface area (Å²) in [6.45, 7) is 0.953. The van der Waals surface area contributed by atoms with Crippen LogP contribution in [-0.4, -0.2) is 54.7 Å². The van der Waals surface area contributed by atoms with E-state index in [1.807, 2.05) is 0 Å². The average molecular weight is 479 g/mol. The van der Waals surface area contributed by atoms with Gasteiger partial charge in [0.2, 0.25) is 10.0 Å². The molecule has 1 aromatic carbocycles. The number of rotatable bonds is 3. The van der Waals surface area contributed by atoms with Crippen molar-refractivity contribution in [2.24, 2.45) is 0 Å². The molecule has 2 heterocycles. The summed E-state index contributed by atoms with van der Waals surface area (Å²) in [5.74, 6) is -0.271. The maximum Gasteiger partial charge on any atom is 0.257 e. The van der Waals surface area contributed by atoms with E-state index in [0.717, 1.165) is 0 Å². The fourth-order valence-electron chi connectivity index (χ4n) is 2.63. The van der Waals surface area contributed by atoms with Crippen LogP contribution < -0.4 is 0 Å².